The zero-order chi connectivity index (χ0) is 16.1. The van der Waals surface area contributed by atoms with E-state index in [0.717, 1.165) is 0 Å². The minimum Gasteiger partial charge on any atom is -0.395 e. The van der Waals surface area contributed by atoms with Gasteiger partial charge in [-0.25, -0.2) is 19.6 Å². The number of rotatable bonds is 5. The number of aromatic nitrogens is 5. The maximum Gasteiger partial charge on any atom is 0.255 e. The summed E-state index contributed by atoms with van der Waals surface area (Å²) in [6.07, 6.45) is 9.58. The molecule has 3 heterocycles. The molecule has 0 atom stereocenters. The average Bonchev–Trinajstić information content (AvgIpc) is 3.14. The van der Waals surface area contributed by atoms with Gasteiger partial charge in [0.1, 0.15) is 6.33 Å². The Morgan fingerprint density at radius 1 is 1.26 bits per heavy atom. The maximum absolute atomic E-state index is 12.6. The zero-order valence-corrected chi connectivity index (χ0v) is 12.1. The molecule has 3 rings (SSSR count). The normalized spacial score (nSPS) is 10.5. The summed E-state index contributed by atoms with van der Waals surface area (Å²) >= 11 is 0. The van der Waals surface area contributed by atoms with E-state index in [9.17, 15) is 4.79 Å². The molecule has 1 amide bonds. The fourth-order valence-electron chi connectivity index (χ4n) is 2.18. The first-order valence-electron chi connectivity index (χ1n) is 6.94. The topological polar surface area (TPSA) is 106 Å². The lowest BCUT2D eigenvalue weighted by Gasteiger charge is -2.13. The Morgan fingerprint density at radius 2 is 2.09 bits per heavy atom. The molecule has 0 aliphatic rings. The molecule has 0 aliphatic heterocycles. The number of amides is 1. The first-order valence-corrected chi connectivity index (χ1v) is 6.94. The van der Waals surface area contributed by atoms with E-state index >= 15 is 0 Å². The predicted molar refractivity (Wildman–Crippen MR) is 81.8 cm³/mol. The lowest BCUT2D eigenvalue weighted by Crippen LogP contribution is -2.28. The number of aliphatic hydroxyl groups is 1. The molecule has 0 bridgehead atoms. The van der Waals surface area contributed by atoms with Gasteiger partial charge in [-0.3, -0.25) is 4.79 Å². The minimum atomic E-state index is -0.350. The number of carbonyl (C=O) groups is 1. The lowest BCUT2D eigenvalue weighted by atomic mass is 10.0. The molecule has 0 radical (unpaired) electrons. The number of aliphatic hydroxyl groups excluding tert-OH is 1. The van der Waals surface area contributed by atoms with Crippen molar-refractivity contribution in [3.05, 3.63) is 55.0 Å². The molecule has 3 aromatic heterocycles. The molecule has 8 heteroatoms. The van der Waals surface area contributed by atoms with Crippen molar-refractivity contribution in [2.45, 2.75) is 0 Å². The van der Waals surface area contributed by atoms with Crippen LogP contribution in [0, 0.1) is 0 Å². The summed E-state index contributed by atoms with van der Waals surface area (Å²) in [5.41, 5.74) is 1.68. The van der Waals surface area contributed by atoms with Gasteiger partial charge in [-0.2, -0.15) is 5.10 Å². The standard InChI is InChI=1S/C15H14N6O2/c22-7-5-19-15(23)13-12(11-8-16-10-17-9-11)2-4-18-14(13)21-6-1-3-20-21/h1-4,6,8-10,22H,5,7H2,(H,19,23). The van der Waals surface area contributed by atoms with Crippen molar-refractivity contribution < 1.29 is 9.90 Å². The third kappa shape index (κ3) is 3.06. The van der Waals surface area contributed by atoms with E-state index in [0.29, 0.717) is 22.5 Å². The first-order chi connectivity index (χ1) is 11.3. The number of pyridine rings is 1. The summed E-state index contributed by atoms with van der Waals surface area (Å²) in [6.45, 7) is 0.00386. The van der Waals surface area contributed by atoms with Crippen molar-refractivity contribution >= 4 is 5.91 Å². The van der Waals surface area contributed by atoms with Gasteiger partial charge in [0.05, 0.1) is 12.2 Å². The third-order valence-electron chi connectivity index (χ3n) is 3.15. The molecule has 8 nitrogen and oxygen atoms in total. The molecule has 0 aromatic carbocycles. The highest BCUT2D eigenvalue weighted by Crippen LogP contribution is 2.25. The van der Waals surface area contributed by atoms with E-state index in [1.54, 1.807) is 43.1 Å². The van der Waals surface area contributed by atoms with E-state index in [1.807, 2.05) is 0 Å². The van der Waals surface area contributed by atoms with E-state index in [2.05, 4.69) is 25.4 Å². The summed E-state index contributed by atoms with van der Waals surface area (Å²) in [7, 11) is 0. The number of hydrogen-bond donors (Lipinski definition) is 2. The van der Waals surface area contributed by atoms with Crippen LogP contribution < -0.4 is 5.32 Å². The highest BCUT2D eigenvalue weighted by Gasteiger charge is 2.20. The van der Waals surface area contributed by atoms with Gasteiger partial charge in [0, 0.05) is 48.7 Å². The summed E-state index contributed by atoms with van der Waals surface area (Å²) in [6, 6.07) is 3.47. The second kappa shape index (κ2) is 6.75. The van der Waals surface area contributed by atoms with Gasteiger partial charge in [0.2, 0.25) is 0 Å². The monoisotopic (exact) mass is 310 g/mol. The smallest absolute Gasteiger partial charge is 0.255 e. The van der Waals surface area contributed by atoms with Crippen molar-refractivity contribution in [2.75, 3.05) is 13.2 Å². The molecule has 0 aliphatic carbocycles. The lowest BCUT2D eigenvalue weighted by molar-refractivity contribution is 0.0945. The van der Waals surface area contributed by atoms with E-state index < -0.39 is 0 Å². The van der Waals surface area contributed by atoms with Crippen LogP contribution in [0.3, 0.4) is 0 Å². The van der Waals surface area contributed by atoms with Gasteiger partial charge >= 0.3 is 0 Å². The van der Waals surface area contributed by atoms with Crippen LogP contribution in [0.2, 0.25) is 0 Å². The van der Waals surface area contributed by atoms with Crippen molar-refractivity contribution in [1.82, 2.24) is 30.0 Å². The van der Waals surface area contributed by atoms with Crippen molar-refractivity contribution in [1.29, 1.82) is 0 Å². The third-order valence-corrected chi connectivity index (χ3v) is 3.15. The van der Waals surface area contributed by atoms with Crippen molar-refractivity contribution in [2.24, 2.45) is 0 Å². The largest absolute Gasteiger partial charge is 0.395 e. The van der Waals surface area contributed by atoms with Gasteiger partial charge in [0.25, 0.3) is 5.91 Å². The molecular weight excluding hydrogens is 296 g/mol. The molecule has 0 unspecified atom stereocenters. The van der Waals surface area contributed by atoms with E-state index in [-0.39, 0.29) is 19.1 Å². The Morgan fingerprint density at radius 3 is 2.78 bits per heavy atom. The molecule has 0 fully saturated rings. The van der Waals surface area contributed by atoms with Gasteiger partial charge in [-0.1, -0.05) is 0 Å². The summed E-state index contributed by atoms with van der Waals surface area (Å²) in [5, 5.41) is 15.7. The van der Waals surface area contributed by atoms with Crippen LogP contribution in [0.1, 0.15) is 10.4 Å². The van der Waals surface area contributed by atoms with Crippen LogP contribution in [0.25, 0.3) is 16.9 Å². The van der Waals surface area contributed by atoms with Crippen LogP contribution in [-0.2, 0) is 0 Å². The van der Waals surface area contributed by atoms with E-state index in [1.165, 1.54) is 11.0 Å². The molecule has 2 N–H and O–H groups in total. The molecule has 23 heavy (non-hydrogen) atoms. The summed E-state index contributed by atoms with van der Waals surface area (Å²) < 4.78 is 1.52. The SMILES string of the molecule is O=C(NCCO)c1c(-c2cncnc2)ccnc1-n1cccn1. The van der Waals surface area contributed by atoms with Crippen LogP contribution in [0.5, 0.6) is 0 Å². The Balaban J connectivity index is 2.16. The number of nitrogens with zero attached hydrogens (tertiary/aromatic N) is 5. The van der Waals surface area contributed by atoms with E-state index in [4.69, 9.17) is 5.11 Å². The Labute approximate surface area is 131 Å². The molecular formula is C15H14N6O2. The number of nitrogens with one attached hydrogen (secondary N) is 1. The Kier molecular flexibility index (Phi) is 4.34. The van der Waals surface area contributed by atoms with Gasteiger partial charge in [-0.05, 0) is 12.1 Å². The average molecular weight is 310 g/mol. The zero-order valence-electron chi connectivity index (χ0n) is 12.1. The predicted octanol–water partition coefficient (Wildman–Crippen LogP) is 0.446. The van der Waals surface area contributed by atoms with Gasteiger partial charge in [-0.15, -0.1) is 0 Å². The van der Waals surface area contributed by atoms with Crippen LogP contribution >= 0.6 is 0 Å². The first kappa shape index (κ1) is 14.8. The van der Waals surface area contributed by atoms with Crippen molar-refractivity contribution in [3.8, 4) is 16.9 Å². The summed E-state index contributed by atoms with van der Waals surface area (Å²) in [5.74, 6) is 0.0447. The van der Waals surface area contributed by atoms with Crippen LogP contribution in [-0.4, -0.2) is 48.9 Å². The highest BCUT2D eigenvalue weighted by atomic mass is 16.3. The van der Waals surface area contributed by atoms with Crippen molar-refractivity contribution in [3.63, 3.8) is 0 Å². The molecule has 0 saturated carbocycles. The van der Waals surface area contributed by atoms with Gasteiger partial charge < -0.3 is 10.4 Å². The molecule has 0 spiro atoms. The molecule has 116 valence electrons. The number of carbonyl (C=O) groups excluding carboxylic acids is 1. The number of hydrogen-bond acceptors (Lipinski definition) is 6. The Hall–Kier alpha value is -3.13. The highest BCUT2D eigenvalue weighted by molar-refractivity contribution is 6.03. The molecule has 3 aromatic rings. The fraction of sp³-hybridized carbons (Fsp3) is 0.133. The molecule has 0 saturated heterocycles. The summed E-state index contributed by atoms with van der Waals surface area (Å²) in [4.78, 5) is 24.8. The quantitative estimate of drug-likeness (QED) is 0.708. The van der Waals surface area contributed by atoms with Crippen LogP contribution in [0.4, 0.5) is 0 Å². The fourth-order valence-corrected chi connectivity index (χ4v) is 2.18. The Bertz CT molecular complexity index is 789. The maximum atomic E-state index is 12.6. The van der Waals surface area contributed by atoms with Crippen LogP contribution in [0.15, 0.2) is 49.4 Å². The second-order valence-electron chi connectivity index (χ2n) is 4.61. The second-order valence-corrected chi connectivity index (χ2v) is 4.61. The minimum absolute atomic E-state index is 0.146. The van der Waals surface area contributed by atoms with Gasteiger partial charge in [0.15, 0.2) is 5.82 Å².